The van der Waals surface area contributed by atoms with Crippen LogP contribution in [0.5, 0.6) is 0 Å². The van der Waals surface area contributed by atoms with E-state index in [0.717, 1.165) is 0 Å². The summed E-state index contributed by atoms with van der Waals surface area (Å²) >= 11 is 0. The molecule has 0 aliphatic carbocycles. The second-order valence-corrected chi connectivity index (χ2v) is 9.18. The van der Waals surface area contributed by atoms with Crippen LogP contribution in [-0.2, 0) is 0 Å². The van der Waals surface area contributed by atoms with E-state index in [4.69, 9.17) is 34.4 Å². The molecule has 5 heterocycles. The second kappa shape index (κ2) is 16.4. The average Bonchev–Trinajstić information content (AvgIpc) is 2.98. The monoisotopic (exact) mass is 641 g/mol. The summed E-state index contributed by atoms with van der Waals surface area (Å²) in [6, 6.07) is 11.4. The molecule has 0 unspecified atom stereocenters. The Morgan fingerprint density at radius 2 is 0.553 bits per heavy atom. The van der Waals surface area contributed by atoms with Crippen LogP contribution in [0.1, 0.15) is 16.7 Å². The van der Waals surface area contributed by atoms with Gasteiger partial charge in [-0.15, -0.1) is 0 Å². The summed E-state index contributed by atoms with van der Waals surface area (Å²) in [7, 11) is 0. The predicted octanol–water partition coefficient (Wildman–Crippen LogP) is 0.175. The summed E-state index contributed by atoms with van der Waals surface area (Å²) in [5.74, 6) is 0.478. The van der Waals surface area contributed by atoms with Crippen molar-refractivity contribution in [3.05, 3.63) is 77.9 Å². The Kier molecular flexibility index (Phi) is 12.7. The van der Waals surface area contributed by atoms with Gasteiger partial charge in [0.1, 0.15) is 0 Å². The molecule has 47 heavy (non-hydrogen) atoms. The van der Waals surface area contributed by atoms with E-state index in [0.29, 0.717) is 33.4 Å². The van der Waals surface area contributed by atoms with Gasteiger partial charge in [-0.25, -0.2) is 0 Å². The topological polar surface area (TPSA) is 361 Å². The summed E-state index contributed by atoms with van der Waals surface area (Å²) in [5, 5.41) is 0. The molecule has 16 N–H and O–H groups in total. The molecule has 0 bridgehead atoms. The van der Waals surface area contributed by atoms with Gasteiger partial charge in [0, 0.05) is 41.5 Å². The number of hydrogen-bond donors (Lipinski definition) is 6. The van der Waals surface area contributed by atoms with Gasteiger partial charge < -0.3 is 45.4 Å². The van der Waals surface area contributed by atoms with Crippen molar-refractivity contribution in [3.8, 4) is 34.2 Å². The number of aromatic nitrogens is 11. The van der Waals surface area contributed by atoms with Gasteiger partial charge in [-0.1, -0.05) is 12.1 Å². The SMILES string of the molecule is Cc1c(-c2nc(N)nc(N)n2)c(C)c(-c2nc(N)nc(N)n2)c(C)c1-c1nc(N)nc(N)n1.O.O.c1ccncc1.c1ccncc1. The van der Waals surface area contributed by atoms with Gasteiger partial charge in [0.15, 0.2) is 17.5 Å². The van der Waals surface area contributed by atoms with E-state index in [-0.39, 0.29) is 64.1 Å². The molecule has 0 radical (unpaired) electrons. The van der Waals surface area contributed by atoms with Gasteiger partial charge in [-0.2, -0.15) is 44.9 Å². The fraction of sp³-hybridized carbons (Fsp3) is 0.107. The maximum atomic E-state index is 5.83. The highest BCUT2D eigenvalue weighted by Gasteiger charge is 2.26. The average molecular weight is 642 g/mol. The van der Waals surface area contributed by atoms with Crippen LogP contribution in [0.15, 0.2) is 61.2 Å². The lowest BCUT2D eigenvalue weighted by molar-refractivity contribution is 0.823. The van der Waals surface area contributed by atoms with Crippen LogP contribution in [0.4, 0.5) is 35.7 Å². The first kappa shape index (κ1) is 36.5. The Hall–Kier alpha value is -6.73. The Bertz CT molecular complexity index is 1580. The molecule has 19 heteroatoms. The van der Waals surface area contributed by atoms with Gasteiger partial charge in [0.05, 0.1) is 0 Å². The Labute approximate surface area is 268 Å². The molecule has 0 fully saturated rings. The maximum absolute atomic E-state index is 5.83. The third-order valence-electron chi connectivity index (χ3n) is 6.06. The molecule has 0 aliphatic heterocycles. The number of hydrogen-bond acceptors (Lipinski definition) is 17. The zero-order valence-electron chi connectivity index (χ0n) is 25.7. The predicted molar refractivity (Wildman–Crippen MR) is 179 cm³/mol. The maximum Gasteiger partial charge on any atom is 0.225 e. The fourth-order valence-electron chi connectivity index (χ4n) is 4.41. The van der Waals surface area contributed by atoms with Crippen LogP contribution in [0, 0.1) is 20.8 Å². The molecule has 0 spiro atoms. The lowest BCUT2D eigenvalue weighted by Crippen LogP contribution is -2.11. The fourth-order valence-corrected chi connectivity index (χ4v) is 4.41. The van der Waals surface area contributed by atoms with Crippen LogP contribution in [0.3, 0.4) is 0 Å². The van der Waals surface area contributed by atoms with Gasteiger partial charge in [0.25, 0.3) is 0 Å². The molecule has 6 rings (SSSR count). The van der Waals surface area contributed by atoms with Crippen molar-refractivity contribution in [2.45, 2.75) is 20.8 Å². The van der Waals surface area contributed by atoms with Crippen LogP contribution in [0.25, 0.3) is 34.2 Å². The normalized spacial score (nSPS) is 9.77. The summed E-state index contributed by atoms with van der Waals surface area (Å²) in [4.78, 5) is 44.7. The van der Waals surface area contributed by atoms with E-state index in [1.807, 2.05) is 57.2 Å². The molecular weight excluding hydrogens is 606 g/mol. The highest BCUT2D eigenvalue weighted by Crippen LogP contribution is 2.41. The highest BCUT2D eigenvalue weighted by atomic mass is 16.0. The number of pyridine rings is 2. The van der Waals surface area contributed by atoms with Crippen LogP contribution in [0.2, 0.25) is 0 Å². The summed E-state index contributed by atoms with van der Waals surface area (Å²) in [6.45, 7) is 5.53. The molecule has 6 aromatic rings. The number of nitrogen functional groups attached to an aromatic ring is 6. The summed E-state index contributed by atoms with van der Waals surface area (Å²) < 4.78 is 0. The van der Waals surface area contributed by atoms with Crippen molar-refractivity contribution >= 4 is 35.7 Å². The standard InChI is InChI=1S/C18H21N15.2C5H5N.2H2O/c1-4-7(10-25-13(19)31-14(20)26-10)5(2)9(12-29-17(23)33-18(24)30-12)6(3)8(4)11-27-15(21)32-16(22)28-11;2*1-2-4-6-5-3-1;;/h1-3H3,(H4,19,20,25,26,31)(H4,21,22,27,28,32)(H4,23,24,29,30,33);2*1-5H;2*1H2. The molecule has 0 saturated carbocycles. The Morgan fingerprint density at radius 1 is 0.340 bits per heavy atom. The zero-order valence-corrected chi connectivity index (χ0v) is 25.7. The van der Waals surface area contributed by atoms with E-state index in [1.165, 1.54) is 0 Å². The first-order valence-corrected chi connectivity index (χ1v) is 13.2. The molecule has 19 nitrogen and oxygen atoms in total. The van der Waals surface area contributed by atoms with E-state index in [1.54, 1.807) is 24.8 Å². The van der Waals surface area contributed by atoms with Gasteiger partial charge in [0.2, 0.25) is 35.7 Å². The van der Waals surface area contributed by atoms with E-state index >= 15 is 0 Å². The summed E-state index contributed by atoms with van der Waals surface area (Å²) in [6.07, 6.45) is 7.00. The van der Waals surface area contributed by atoms with Crippen molar-refractivity contribution in [1.29, 1.82) is 0 Å². The van der Waals surface area contributed by atoms with Crippen molar-refractivity contribution in [3.63, 3.8) is 0 Å². The third kappa shape index (κ3) is 9.14. The number of anilines is 6. The smallest absolute Gasteiger partial charge is 0.225 e. The van der Waals surface area contributed by atoms with Gasteiger partial charge >= 0.3 is 0 Å². The third-order valence-corrected chi connectivity index (χ3v) is 6.06. The van der Waals surface area contributed by atoms with Gasteiger partial charge in [-0.3, -0.25) is 9.97 Å². The molecule has 0 saturated heterocycles. The minimum Gasteiger partial charge on any atom is -0.412 e. The summed E-state index contributed by atoms with van der Waals surface area (Å²) in [5.41, 5.74) is 38.9. The van der Waals surface area contributed by atoms with Crippen LogP contribution in [-0.4, -0.2) is 65.8 Å². The quantitative estimate of drug-likeness (QED) is 0.150. The molecule has 0 atom stereocenters. The Balaban J connectivity index is 0.000000458. The zero-order chi connectivity index (χ0) is 32.5. The second-order valence-electron chi connectivity index (χ2n) is 9.18. The molecular formula is C28H35N17O2. The van der Waals surface area contributed by atoms with E-state index in [2.05, 4.69) is 54.8 Å². The van der Waals surface area contributed by atoms with Crippen LogP contribution < -0.4 is 34.4 Å². The lowest BCUT2D eigenvalue weighted by atomic mass is 9.87. The first-order valence-electron chi connectivity index (χ1n) is 13.2. The van der Waals surface area contributed by atoms with Crippen molar-refractivity contribution in [1.82, 2.24) is 54.8 Å². The number of benzene rings is 1. The number of rotatable bonds is 3. The number of nitrogens with zero attached hydrogens (tertiary/aromatic N) is 11. The van der Waals surface area contributed by atoms with Crippen LogP contribution >= 0.6 is 0 Å². The largest absolute Gasteiger partial charge is 0.412 e. The van der Waals surface area contributed by atoms with Gasteiger partial charge in [-0.05, 0) is 61.7 Å². The minimum atomic E-state index is -0.0396. The van der Waals surface area contributed by atoms with E-state index in [9.17, 15) is 0 Å². The minimum absolute atomic E-state index is 0. The molecule has 0 amide bonds. The highest BCUT2D eigenvalue weighted by molar-refractivity contribution is 5.87. The van der Waals surface area contributed by atoms with E-state index < -0.39 is 0 Å². The Morgan fingerprint density at radius 3 is 0.702 bits per heavy atom. The molecule has 5 aromatic heterocycles. The molecule has 244 valence electrons. The first-order chi connectivity index (χ1) is 21.5. The van der Waals surface area contributed by atoms with Crippen molar-refractivity contribution in [2.24, 2.45) is 0 Å². The molecule has 1 aromatic carbocycles. The number of nitrogens with two attached hydrogens (primary N) is 6. The molecule has 0 aliphatic rings. The van der Waals surface area contributed by atoms with Crippen molar-refractivity contribution < 1.29 is 11.0 Å². The van der Waals surface area contributed by atoms with Crippen molar-refractivity contribution in [2.75, 3.05) is 34.4 Å². The lowest BCUT2D eigenvalue weighted by Gasteiger charge is -2.21.